The Balaban J connectivity index is 2.20. The van der Waals surface area contributed by atoms with Gasteiger partial charge in [-0.1, -0.05) is 33.8 Å². The Bertz CT molecular complexity index is 1010. The second kappa shape index (κ2) is 11.1. The molecule has 0 aliphatic carbocycles. The molecule has 0 aromatic heterocycles. The number of hydrogen-bond acceptors (Lipinski definition) is 6. The zero-order valence-corrected chi connectivity index (χ0v) is 21.2. The smallest absolute Gasteiger partial charge is 0.264 e. The molecule has 1 aliphatic heterocycles. The lowest BCUT2D eigenvalue weighted by Crippen LogP contribution is -2.49. The number of anilines is 1. The largest absolute Gasteiger partial charge is 0.398 e. The average molecular weight is 495 g/mol. The van der Waals surface area contributed by atoms with E-state index in [1.165, 1.54) is 25.2 Å². The summed E-state index contributed by atoms with van der Waals surface area (Å²) >= 11 is 0. The maximum atomic E-state index is 13.2. The van der Waals surface area contributed by atoms with E-state index in [1.54, 1.807) is 0 Å². The van der Waals surface area contributed by atoms with Crippen LogP contribution in [0.2, 0.25) is 0 Å². The summed E-state index contributed by atoms with van der Waals surface area (Å²) < 4.78 is 13.2. The number of carbonyl (C=O) groups is 4. The van der Waals surface area contributed by atoms with Crippen molar-refractivity contribution in [2.24, 2.45) is 17.8 Å². The number of carbonyl (C=O) groups excluding carboxylic acids is 4. The van der Waals surface area contributed by atoms with Gasteiger partial charge in [-0.25, -0.2) is 0 Å². The summed E-state index contributed by atoms with van der Waals surface area (Å²) in [5.74, 6) is -2.99. The molecule has 0 saturated heterocycles. The fourth-order valence-electron chi connectivity index (χ4n) is 4.11. The molecule has 1 aliphatic rings. The molecule has 4 amide bonds. The average Bonchev–Trinajstić information content (AvgIpc) is 2.96. The van der Waals surface area contributed by atoms with E-state index in [9.17, 15) is 28.6 Å². The van der Waals surface area contributed by atoms with Crippen LogP contribution >= 0.6 is 7.37 Å². The van der Waals surface area contributed by atoms with Crippen molar-refractivity contribution in [2.75, 3.05) is 25.2 Å². The van der Waals surface area contributed by atoms with E-state index >= 15 is 0 Å². The molecule has 1 heterocycles. The maximum Gasteiger partial charge on any atom is 0.264 e. The summed E-state index contributed by atoms with van der Waals surface area (Å²) in [6, 6.07) is 3.68. The lowest BCUT2D eigenvalue weighted by atomic mass is 9.96. The summed E-state index contributed by atoms with van der Waals surface area (Å²) in [5.41, 5.74) is 6.05. The van der Waals surface area contributed by atoms with Gasteiger partial charge in [0.2, 0.25) is 19.2 Å². The highest BCUT2D eigenvalue weighted by Crippen LogP contribution is 2.46. The molecule has 10 nitrogen and oxygen atoms in total. The highest BCUT2D eigenvalue weighted by atomic mass is 31.2. The standard InChI is InChI=1S/C23H35N4O6P/c1-13(2)9-15(20(28)26-18(10-14(3)4)21(29)25-5)11-34(32,33)12-27-22(30)16-7-6-8-17(24)19(16)23(27)31/h6-8,13-15,18H,9-12,24H2,1-5H3,(H,25,29)(H,26,28)(H,32,33)/t15-,18+/m1/s1. The number of nitrogens with one attached hydrogen (secondary N) is 2. The number of nitrogen functional groups attached to an aromatic ring is 1. The zero-order valence-electron chi connectivity index (χ0n) is 20.3. The molecule has 0 fully saturated rings. The molecular formula is C23H35N4O6P. The quantitative estimate of drug-likeness (QED) is 0.208. The van der Waals surface area contributed by atoms with Gasteiger partial charge in [0.15, 0.2) is 0 Å². The van der Waals surface area contributed by atoms with Crippen LogP contribution in [0.25, 0.3) is 0 Å². The van der Waals surface area contributed by atoms with Gasteiger partial charge in [-0.15, -0.1) is 0 Å². The number of hydrogen-bond donors (Lipinski definition) is 4. The van der Waals surface area contributed by atoms with Crippen molar-refractivity contribution in [3.63, 3.8) is 0 Å². The zero-order chi connectivity index (χ0) is 25.8. The Kier molecular flexibility index (Phi) is 9.02. The first kappa shape index (κ1) is 27.5. The Hall–Kier alpha value is -2.71. The molecule has 0 saturated carbocycles. The van der Waals surface area contributed by atoms with Gasteiger partial charge >= 0.3 is 0 Å². The van der Waals surface area contributed by atoms with Crippen LogP contribution in [-0.4, -0.2) is 59.0 Å². The maximum absolute atomic E-state index is 13.2. The molecule has 2 rings (SSSR count). The van der Waals surface area contributed by atoms with Crippen LogP contribution in [0.5, 0.6) is 0 Å². The van der Waals surface area contributed by atoms with Crippen molar-refractivity contribution in [3.05, 3.63) is 29.3 Å². The third-order valence-electron chi connectivity index (χ3n) is 5.61. The predicted octanol–water partition coefficient (Wildman–Crippen LogP) is 2.03. The summed E-state index contributed by atoms with van der Waals surface area (Å²) in [5, 5.41) is 5.24. The fraction of sp³-hybridized carbons (Fsp3) is 0.565. The molecule has 188 valence electrons. The van der Waals surface area contributed by atoms with E-state index in [0.717, 1.165) is 4.90 Å². The van der Waals surface area contributed by atoms with Gasteiger partial charge in [0.05, 0.1) is 11.1 Å². The third-order valence-corrected chi connectivity index (χ3v) is 7.35. The topological polar surface area (TPSA) is 159 Å². The van der Waals surface area contributed by atoms with Crippen LogP contribution in [-0.2, 0) is 14.2 Å². The minimum atomic E-state index is -4.15. The third kappa shape index (κ3) is 6.67. The molecule has 0 radical (unpaired) electrons. The van der Waals surface area contributed by atoms with Crippen molar-refractivity contribution in [3.8, 4) is 0 Å². The summed E-state index contributed by atoms with van der Waals surface area (Å²) in [6.07, 6.45) is -0.436. The highest BCUT2D eigenvalue weighted by molar-refractivity contribution is 7.58. The van der Waals surface area contributed by atoms with Gasteiger partial charge in [0.25, 0.3) is 11.8 Å². The second-order valence-electron chi connectivity index (χ2n) is 9.61. The molecule has 1 aromatic carbocycles. The van der Waals surface area contributed by atoms with Crippen LogP contribution in [0.4, 0.5) is 5.69 Å². The molecule has 11 heteroatoms. The van der Waals surface area contributed by atoms with E-state index in [0.29, 0.717) is 12.8 Å². The van der Waals surface area contributed by atoms with Crippen LogP contribution in [0.1, 0.15) is 61.3 Å². The van der Waals surface area contributed by atoms with Gasteiger partial charge < -0.3 is 21.3 Å². The Morgan fingerprint density at radius 1 is 1.06 bits per heavy atom. The Labute approximate surface area is 200 Å². The first-order valence-electron chi connectivity index (χ1n) is 11.3. The fourth-order valence-corrected chi connectivity index (χ4v) is 5.93. The molecule has 1 aromatic rings. The minimum absolute atomic E-state index is 0.0195. The number of imide groups is 1. The first-order valence-corrected chi connectivity index (χ1v) is 13.4. The molecule has 5 N–H and O–H groups in total. The monoisotopic (exact) mass is 494 g/mol. The van der Waals surface area contributed by atoms with Gasteiger partial charge in [-0.3, -0.25) is 28.6 Å². The first-order chi connectivity index (χ1) is 15.8. The Morgan fingerprint density at radius 2 is 1.68 bits per heavy atom. The highest BCUT2D eigenvalue weighted by Gasteiger charge is 2.42. The van der Waals surface area contributed by atoms with Gasteiger partial charge in [-0.05, 0) is 36.8 Å². The van der Waals surface area contributed by atoms with E-state index < -0.39 is 49.5 Å². The number of benzene rings is 1. The molecule has 0 bridgehead atoms. The minimum Gasteiger partial charge on any atom is -0.398 e. The number of rotatable bonds is 11. The van der Waals surface area contributed by atoms with Gasteiger partial charge in [0, 0.05) is 24.8 Å². The van der Waals surface area contributed by atoms with E-state index in [4.69, 9.17) is 5.73 Å². The van der Waals surface area contributed by atoms with Crippen molar-refractivity contribution in [2.45, 2.75) is 46.6 Å². The molecule has 3 atom stereocenters. The summed E-state index contributed by atoms with van der Waals surface area (Å²) in [4.78, 5) is 62.2. The number of amides is 4. The number of nitrogens with two attached hydrogens (primary N) is 1. The summed E-state index contributed by atoms with van der Waals surface area (Å²) in [6.45, 7) is 7.59. The predicted molar refractivity (Wildman–Crippen MR) is 129 cm³/mol. The second-order valence-corrected chi connectivity index (χ2v) is 12.0. The van der Waals surface area contributed by atoms with Crippen molar-refractivity contribution in [1.82, 2.24) is 15.5 Å². The van der Waals surface area contributed by atoms with E-state index in [-0.39, 0.29) is 34.6 Å². The van der Waals surface area contributed by atoms with E-state index in [2.05, 4.69) is 10.6 Å². The lowest BCUT2D eigenvalue weighted by Gasteiger charge is -2.26. The SMILES string of the molecule is CNC(=O)[C@H](CC(C)C)NC(=O)[C@H](CC(C)C)CP(=O)(O)CN1C(=O)c2cccc(N)c2C1=O. The molecular weight excluding hydrogens is 459 g/mol. The summed E-state index contributed by atoms with van der Waals surface area (Å²) in [7, 11) is -2.67. The van der Waals surface area contributed by atoms with Crippen molar-refractivity contribution in [1.29, 1.82) is 0 Å². The lowest BCUT2D eigenvalue weighted by molar-refractivity contribution is -0.131. The normalized spacial score (nSPS) is 16.9. The van der Waals surface area contributed by atoms with Crippen LogP contribution in [0.15, 0.2) is 18.2 Å². The van der Waals surface area contributed by atoms with Gasteiger partial charge in [-0.2, -0.15) is 0 Å². The molecule has 34 heavy (non-hydrogen) atoms. The van der Waals surface area contributed by atoms with E-state index in [1.807, 2.05) is 27.7 Å². The Morgan fingerprint density at radius 3 is 2.21 bits per heavy atom. The van der Waals surface area contributed by atoms with Crippen LogP contribution < -0.4 is 16.4 Å². The van der Waals surface area contributed by atoms with Crippen LogP contribution in [0.3, 0.4) is 0 Å². The molecule has 1 unspecified atom stereocenters. The van der Waals surface area contributed by atoms with Crippen molar-refractivity contribution < 1.29 is 28.6 Å². The number of likely N-dealkylation sites (N-methyl/N-ethyl adjacent to an activating group) is 1. The molecule has 0 spiro atoms. The number of fused-ring (bicyclic) bond motifs is 1. The number of nitrogens with zero attached hydrogens (tertiary/aromatic N) is 1. The van der Waals surface area contributed by atoms with Crippen molar-refractivity contribution >= 4 is 36.7 Å². The van der Waals surface area contributed by atoms with Crippen LogP contribution in [0, 0.1) is 17.8 Å². The van der Waals surface area contributed by atoms with Gasteiger partial charge in [0.1, 0.15) is 12.3 Å².